The SMILES string of the molecule is c1ccc2c(c1)SC1NCCN21. The average molecular weight is 178 g/mol. The molecule has 2 heterocycles. The predicted molar refractivity (Wildman–Crippen MR) is 51.4 cm³/mol. The van der Waals surface area contributed by atoms with Crippen molar-refractivity contribution in [1.29, 1.82) is 0 Å². The second kappa shape index (κ2) is 2.41. The Labute approximate surface area is 75.9 Å². The quantitative estimate of drug-likeness (QED) is 0.648. The summed E-state index contributed by atoms with van der Waals surface area (Å²) >= 11 is 1.92. The van der Waals surface area contributed by atoms with Crippen LogP contribution in [0.5, 0.6) is 0 Å². The van der Waals surface area contributed by atoms with E-state index < -0.39 is 0 Å². The summed E-state index contributed by atoms with van der Waals surface area (Å²) in [6.45, 7) is 2.26. The Morgan fingerprint density at radius 3 is 3.33 bits per heavy atom. The molecule has 1 atom stereocenters. The van der Waals surface area contributed by atoms with Crippen molar-refractivity contribution in [3.8, 4) is 0 Å². The first-order chi connectivity index (χ1) is 5.95. The molecule has 1 aromatic rings. The van der Waals surface area contributed by atoms with Crippen LogP contribution in [0.4, 0.5) is 5.69 Å². The van der Waals surface area contributed by atoms with E-state index in [0.29, 0.717) is 5.50 Å². The Bertz CT molecular complexity index is 313. The van der Waals surface area contributed by atoms with Gasteiger partial charge in [0.15, 0.2) is 0 Å². The molecule has 0 amide bonds. The first-order valence-electron chi connectivity index (χ1n) is 4.21. The first kappa shape index (κ1) is 6.80. The number of para-hydroxylation sites is 1. The van der Waals surface area contributed by atoms with Gasteiger partial charge >= 0.3 is 0 Å². The highest BCUT2D eigenvalue weighted by Gasteiger charge is 2.32. The van der Waals surface area contributed by atoms with Crippen molar-refractivity contribution in [3.05, 3.63) is 24.3 Å². The lowest BCUT2D eigenvalue weighted by atomic mass is 10.3. The van der Waals surface area contributed by atoms with Gasteiger partial charge in [-0.15, -0.1) is 0 Å². The van der Waals surface area contributed by atoms with E-state index in [1.807, 2.05) is 11.8 Å². The number of rotatable bonds is 0. The molecule has 2 aliphatic heterocycles. The maximum Gasteiger partial charge on any atom is 0.133 e. The Morgan fingerprint density at radius 2 is 2.33 bits per heavy atom. The van der Waals surface area contributed by atoms with Gasteiger partial charge in [-0.25, -0.2) is 0 Å². The van der Waals surface area contributed by atoms with Crippen LogP contribution in [0.1, 0.15) is 0 Å². The number of fused-ring (bicyclic) bond motifs is 3. The molecule has 0 aromatic heterocycles. The molecular weight excluding hydrogens is 168 g/mol. The summed E-state index contributed by atoms with van der Waals surface area (Å²) in [5.74, 6) is 0. The number of thioether (sulfide) groups is 1. The van der Waals surface area contributed by atoms with E-state index in [2.05, 4.69) is 34.5 Å². The van der Waals surface area contributed by atoms with Crippen molar-refractivity contribution in [2.24, 2.45) is 0 Å². The molecule has 0 aliphatic carbocycles. The highest BCUT2D eigenvalue weighted by Crippen LogP contribution is 2.43. The van der Waals surface area contributed by atoms with Crippen LogP contribution in [0, 0.1) is 0 Å². The molecule has 1 N–H and O–H groups in total. The summed E-state index contributed by atoms with van der Waals surface area (Å²) < 4.78 is 0. The smallest absolute Gasteiger partial charge is 0.133 e. The van der Waals surface area contributed by atoms with Gasteiger partial charge in [0.25, 0.3) is 0 Å². The van der Waals surface area contributed by atoms with Gasteiger partial charge in [-0.05, 0) is 12.1 Å². The molecule has 62 valence electrons. The number of anilines is 1. The highest BCUT2D eigenvalue weighted by molar-refractivity contribution is 8.00. The molecule has 3 rings (SSSR count). The molecule has 0 saturated carbocycles. The molecule has 0 bridgehead atoms. The van der Waals surface area contributed by atoms with Crippen molar-refractivity contribution in [1.82, 2.24) is 5.32 Å². The van der Waals surface area contributed by atoms with Crippen LogP contribution in [0.3, 0.4) is 0 Å². The fourth-order valence-electron chi connectivity index (χ4n) is 1.80. The molecule has 0 radical (unpaired) electrons. The van der Waals surface area contributed by atoms with E-state index >= 15 is 0 Å². The van der Waals surface area contributed by atoms with E-state index in [9.17, 15) is 0 Å². The second-order valence-electron chi connectivity index (χ2n) is 3.09. The van der Waals surface area contributed by atoms with Gasteiger partial charge in [0.1, 0.15) is 5.50 Å². The Kier molecular flexibility index (Phi) is 1.36. The van der Waals surface area contributed by atoms with Gasteiger partial charge < -0.3 is 4.90 Å². The van der Waals surface area contributed by atoms with E-state index in [-0.39, 0.29) is 0 Å². The zero-order valence-corrected chi connectivity index (χ0v) is 7.47. The van der Waals surface area contributed by atoms with Gasteiger partial charge in [-0.3, -0.25) is 5.32 Å². The summed E-state index contributed by atoms with van der Waals surface area (Å²) in [4.78, 5) is 3.84. The number of hydrogen-bond donors (Lipinski definition) is 1. The fourth-order valence-corrected chi connectivity index (χ4v) is 3.05. The average Bonchev–Trinajstić information content (AvgIpc) is 2.62. The molecule has 0 spiro atoms. The molecular formula is C9H10N2S. The lowest BCUT2D eigenvalue weighted by Crippen LogP contribution is -2.28. The Balaban J connectivity index is 2.09. The number of nitrogens with zero attached hydrogens (tertiary/aromatic N) is 1. The molecule has 12 heavy (non-hydrogen) atoms. The summed E-state index contributed by atoms with van der Waals surface area (Å²) in [5, 5.41) is 3.45. The van der Waals surface area contributed by atoms with E-state index in [1.165, 1.54) is 10.6 Å². The standard InChI is InChI=1S/C9H10N2S/c1-2-4-8-7(3-1)11-6-5-10-9(11)12-8/h1-4,9-10H,5-6H2. The van der Waals surface area contributed by atoms with E-state index in [0.717, 1.165) is 13.1 Å². The summed E-state index contributed by atoms with van der Waals surface area (Å²) in [7, 11) is 0. The maximum absolute atomic E-state index is 3.45. The lowest BCUT2D eigenvalue weighted by molar-refractivity contribution is 0.809. The highest BCUT2D eigenvalue weighted by atomic mass is 32.2. The Morgan fingerprint density at radius 1 is 1.42 bits per heavy atom. The van der Waals surface area contributed by atoms with Crippen molar-refractivity contribution in [2.75, 3.05) is 18.0 Å². The summed E-state index contributed by atoms with van der Waals surface area (Å²) in [6, 6.07) is 8.61. The molecule has 1 fully saturated rings. The van der Waals surface area contributed by atoms with E-state index in [4.69, 9.17) is 0 Å². The fraction of sp³-hybridized carbons (Fsp3) is 0.333. The predicted octanol–water partition coefficient (Wildman–Crippen LogP) is 1.49. The van der Waals surface area contributed by atoms with Crippen LogP contribution < -0.4 is 10.2 Å². The van der Waals surface area contributed by atoms with Gasteiger partial charge in [0, 0.05) is 18.0 Å². The Hall–Kier alpha value is -0.670. The van der Waals surface area contributed by atoms with Crippen molar-refractivity contribution in [2.45, 2.75) is 10.4 Å². The topological polar surface area (TPSA) is 15.3 Å². The van der Waals surface area contributed by atoms with Crippen LogP contribution in [0.15, 0.2) is 29.2 Å². The van der Waals surface area contributed by atoms with Crippen LogP contribution in [0.2, 0.25) is 0 Å². The van der Waals surface area contributed by atoms with Gasteiger partial charge in [-0.2, -0.15) is 0 Å². The van der Waals surface area contributed by atoms with Crippen LogP contribution in [-0.4, -0.2) is 18.6 Å². The van der Waals surface area contributed by atoms with E-state index in [1.54, 1.807) is 0 Å². The molecule has 3 heteroatoms. The third kappa shape index (κ3) is 0.807. The second-order valence-corrected chi connectivity index (χ2v) is 4.21. The number of hydrogen-bond acceptors (Lipinski definition) is 3. The van der Waals surface area contributed by atoms with Gasteiger partial charge in [-0.1, -0.05) is 23.9 Å². The number of benzene rings is 1. The normalized spacial score (nSPS) is 25.7. The zero-order chi connectivity index (χ0) is 7.97. The third-order valence-electron chi connectivity index (χ3n) is 2.37. The minimum atomic E-state index is 0.502. The van der Waals surface area contributed by atoms with Gasteiger partial charge in [0.2, 0.25) is 0 Å². The van der Waals surface area contributed by atoms with Crippen molar-refractivity contribution >= 4 is 17.4 Å². The molecule has 1 unspecified atom stereocenters. The summed E-state index contributed by atoms with van der Waals surface area (Å²) in [6.07, 6.45) is 0. The maximum atomic E-state index is 3.45. The number of nitrogens with one attached hydrogen (secondary N) is 1. The third-order valence-corrected chi connectivity index (χ3v) is 3.61. The largest absolute Gasteiger partial charge is 0.345 e. The van der Waals surface area contributed by atoms with Crippen molar-refractivity contribution < 1.29 is 0 Å². The first-order valence-corrected chi connectivity index (χ1v) is 5.09. The summed E-state index contributed by atoms with van der Waals surface area (Å²) in [5.41, 5.74) is 1.90. The zero-order valence-electron chi connectivity index (χ0n) is 6.66. The van der Waals surface area contributed by atoms with Crippen LogP contribution >= 0.6 is 11.8 Å². The van der Waals surface area contributed by atoms with Crippen molar-refractivity contribution in [3.63, 3.8) is 0 Å². The molecule has 2 nitrogen and oxygen atoms in total. The van der Waals surface area contributed by atoms with Gasteiger partial charge in [0.05, 0.1) is 5.69 Å². The van der Waals surface area contributed by atoms with Crippen LogP contribution in [-0.2, 0) is 0 Å². The minimum absolute atomic E-state index is 0.502. The monoisotopic (exact) mass is 178 g/mol. The van der Waals surface area contributed by atoms with Crippen LogP contribution in [0.25, 0.3) is 0 Å². The molecule has 1 aromatic carbocycles. The molecule has 1 saturated heterocycles. The molecule has 2 aliphatic rings. The minimum Gasteiger partial charge on any atom is -0.345 e. The lowest BCUT2D eigenvalue weighted by Gasteiger charge is -2.15.